The monoisotopic (exact) mass is 274 g/mol. The molecule has 3 N–H and O–H groups in total. The van der Waals surface area contributed by atoms with Crippen molar-refractivity contribution in [2.75, 3.05) is 13.6 Å². The summed E-state index contributed by atoms with van der Waals surface area (Å²) < 4.78 is 26.2. The molecule has 7 heteroatoms. The van der Waals surface area contributed by atoms with Crippen LogP contribution in [0.15, 0.2) is 4.90 Å². The van der Waals surface area contributed by atoms with Gasteiger partial charge in [-0.3, -0.25) is 5.10 Å². The van der Waals surface area contributed by atoms with E-state index < -0.39 is 10.0 Å². The van der Waals surface area contributed by atoms with Gasteiger partial charge in [0.05, 0.1) is 11.4 Å². The van der Waals surface area contributed by atoms with E-state index in [2.05, 4.69) is 17.1 Å². The van der Waals surface area contributed by atoms with Gasteiger partial charge in [0.25, 0.3) is 0 Å². The molecule has 0 amide bonds. The van der Waals surface area contributed by atoms with Gasteiger partial charge in [-0.15, -0.1) is 0 Å². The van der Waals surface area contributed by atoms with Crippen molar-refractivity contribution in [3.05, 3.63) is 11.4 Å². The number of nitrogens with two attached hydrogens (primary N) is 1. The molecule has 0 saturated carbocycles. The minimum absolute atomic E-state index is 0.113. The van der Waals surface area contributed by atoms with Crippen LogP contribution in [0.5, 0.6) is 0 Å². The normalized spacial score (nSPS) is 12.3. The summed E-state index contributed by atoms with van der Waals surface area (Å²) in [6.07, 6.45) is 2.95. The van der Waals surface area contributed by atoms with Crippen molar-refractivity contribution in [3.8, 4) is 0 Å². The van der Waals surface area contributed by atoms with Gasteiger partial charge in [0, 0.05) is 20.1 Å². The maximum atomic E-state index is 12.4. The van der Waals surface area contributed by atoms with E-state index >= 15 is 0 Å². The van der Waals surface area contributed by atoms with Crippen LogP contribution in [0.4, 0.5) is 0 Å². The first-order valence-corrected chi connectivity index (χ1v) is 7.59. The topological polar surface area (TPSA) is 92.1 Å². The van der Waals surface area contributed by atoms with Crippen LogP contribution < -0.4 is 5.73 Å². The van der Waals surface area contributed by atoms with Crippen molar-refractivity contribution in [1.29, 1.82) is 0 Å². The van der Waals surface area contributed by atoms with E-state index in [0.29, 0.717) is 17.9 Å². The molecule has 0 aliphatic rings. The molecule has 18 heavy (non-hydrogen) atoms. The smallest absolute Gasteiger partial charge is 0.246 e. The lowest BCUT2D eigenvalue weighted by molar-refractivity contribution is 0.453. The highest BCUT2D eigenvalue weighted by Crippen LogP contribution is 2.21. The SMILES string of the molecule is CCCCCN(C)S(=O)(=O)c1c(CN)n[nH]c1C. The molecule has 0 atom stereocenters. The van der Waals surface area contributed by atoms with Crippen LogP contribution >= 0.6 is 0 Å². The van der Waals surface area contributed by atoms with Crippen LogP contribution in [0, 0.1) is 6.92 Å². The molecule has 0 bridgehead atoms. The number of unbranched alkanes of at least 4 members (excludes halogenated alkanes) is 2. The van der Waals surface area contributed by atoms with E-state index in [1.165, 1.54) is 4.31 Å². The number of nitrogens with zero attached hydrogens (tertiary/aromatic N) is 2. The lowest BCUT2D eigenvalue weighted by atomic mass is 10.2. The molecule has 0 saturated heterocycles. The molecule has 1 rings (SSSR count). The Balaban J connectivity index is 2.94. The highest BCUT2D eigenvalue weighted by atomic mass is 32.2. The molecule has 0 aliphatic heterocycles. The maximum Gasteiger partial charge on any atom is 0.246 e. The van der Waals surface area contributed by atoms with Crippen LogP contribution in [0.25, 0.3) is 0 Å². The Morgan fingerprint density at radius 1 is 1.39 bits per heavy atom. The number of hydrogen-bond donors (Lipinski definition) is 2. The predicted molar refractivity (Wildman–Crippen MR) is 70.6 cm³/mol. The van der Waals surface area contributed by atoms with Gasteiger partial charge in [-0.25, -0.2) is 12.7 Å². The largest absolute Gasteiger partial charge is 0.325 e. The fraction of sp³-hybridized carbons (Fsp3) is 0.727. The first kappa shape index (κ1) is 15.1. The zero-order valence-corrected chi connectivity index (χ0v) is 12.0. The molecule has 1 heterocycles. The summed E-state index contributed by atoms with van der Waals surface area (Å²) in [4.78, 5) is 0.226. The summed E-state index contributed by atoms with van der Waals surface area (Å²) in [6, 6.07) is 0. The van der Waals surface area contributed by atoms with Gasteiger partial charge in [-0.2, -0.15) is 5.10 Å². The van der Waals surface area contributed by atoms with E-state index in [9.17, 15) is 8.42 Å². The van der Waals surface area contributed by atoms with E-state index in [4.69, 9.17) is 5.73 Å². The van der Waals surface area contributed by atoms with E-state index in [1.807, 2.05) is 0 Å². The van der Waals surface area contributed by atoms with Crippen molar-refractivity contribution in [2.24, 2.45) is 5.73 Å². The second-order valence-electron chi connectivity index (χ2n) is 4.36. The Morgan fingerprint density at radius 2 is 2.06 bits per heavy atom. The lowest BCUT2D eigenvalue weighted by Crippen LogP contribution is -2.29. The van der Waals surface area contributed by atoms with Crippen LogP contribution in [-0.4, -0.2) is 36.5 Å². The standard InChI is InChI=1S/C11H22N4O2S/c1-4-5-6-7-15(3)18(16,17)11-9(2)13-14-10(11)8-12/h4-8,12H2,1-3H3,(H,13,14). The summed E-state index contributed by atoms with van der Waals surface area (Å²) in [5.41, 5.74) is 6.45. The van der Waals surface area contributed by atoms with Gasteiger partial charge in [-0.05, 0) is 13.3 Å². The number of aromatic amines is 1. The minimum atomic E-state index is -3.49. The van der Waals surface area contributed by atoms with Gasteiger partial charge >= 0.3 is 0 Å². The third-order valence-corrected chi connectivity index (χ3v) is 4.96. The number of rotatable bonds is 7. The molecule has 0 fully saturated rings. The minimum Gasteiger partial charge on any atom is -0.325 e. The van der Waals surface area contributed by atoms with Crippen molar-refractivity contribution >= 4 is 10.0 Å². The van der Waals surface area contributed by atoms with E-state index in [1.54, 1.807) is 14.0 Å². The van der Waals surface area contributed by atoms with Crippen LogP contribution in [0.2, 0.25) is 0 Å². The third kappa shape index (κ3) is 3.09. The fourth-order valence-corrected chi connectivity index (χ4v) is 3.35. The van der Waals surface area contributed by atoms with Crippen molar-refractivity contribution in [1.82, 2.24) is 14.5 Å². The predicted octanol–water partition coefficient (Wildman–Crippen LogP) is 0.988. The van der Waals surface area contributed by atoms with Gasteiger partial charge in [0.15, 0.2) is 0 Å². The zero-order chi connectivity index (χ0) is 13.8. The van der Waals surface area contributed by atoms with Gasteiger partial charge in [-0.1, -0.05) is 19.8 Å². The highest BCUT2D eigenvalue weighted by molar-refractivity contribution is 7.89. The molecular formula is C11H22N4O2S. The van der Waals surface area contributed by atoms with Gasteiger partial charge in [0.2, 0.25) is 10.0 Å². The summed E-state index contributed by atoms with van der Waals surface area (Å²) in [7, 11) is -1.89. The Hall–Kier alpha value is -0.920. The first-order chi connectivity index (χ1) is 8.45. The Kier molecular flexibility index (Phi) is 5.30. The van der Waals surface area contributed by atoms with E-state index in [0.717, 1.165) is 19.3 Å². The van der Waals surface area contributed by atoms with Gasteiger partial charge in [0.1, 0.15) is 4.90 Å². The molecule has 104 valence electrons. The summed E-state index contributed by atoms with van der Waals surface area (Å²) in [5, 5.41) is 6.60. The molecule has 1 aromatic rings. The zero-order valence-electron chi connectivity index (χ0n) is 11.2. The molecule has 0 unspecified atom stereocenters. The van der Waals surface area contributed by atoms with Crippen molar-refractivity contribution in [3.63, 3.8) is 0 Å². The van der Waals surface area contributed by atoms with Crippen LogP contribution in [0.3, 0.4) is 0 Å². The second-order valence-corrected chi connectivity index (χ2v) is 6.34. The Morgan fingerprint density at radius 3 is 2.61 bits per heavy atom. The molecule has 0 spiro atoms. The van der Waals surface area contributed by atoms with Crippen LogP contribution in [-0.2, 0) is 16.6 Å². The molecule has 1 aromatic heterocycles. The number of aromatic nitrogens is 2. The van der Waals surface area contributed by atoms with Crippen LogP contribution in [0.1, 0.15) is 37.6 Å². The Labute approximate surface area is 109 Å². The molecule has 6 nitrogen and oxygen atoms in total. The molecule has 0 aliphatic carbocycles. The number of hydrogen-bond acceptors (Lipinski definition) is 4. The first-order valence-electron chi connectivity index (χ1n) is 6.15. The van der Waals surface area contributed by atoms with E-state index in [-0.39, 0.29) is 11.4 Å². The number of aryl methyl sites for hydroxylation is 1. The summed E-state index contributed by atoms with van der Waals surface area (Å²) >= 11 is 0. The molecule has 0 aromatic carbocycles. The second kappa shape index (κ2) is 6.31. The lowest BCUT2D eigenvalue weighted by Gasteiger charge is -2.17. The Bertz CT molecular complexity index is 481. The van der Waals surface area contributed by atoms with Gasteiger partial charge < -0.3 is 5.73 Å². The molecule has 0 radical (unpaired) electrons. The molecular weight excluding hydrogens is 252 g/mol. The highest BCUT2D eigenvalue weighted by Gasteiger charge is 2.27. The fourth-order valence-electron chi connectivity index (χ4n) is 1.81. The number of nitrogens with one attached hydrogen (secondary N) is 1. The van der Waals surface area contributed by atoms with Crippen molar-refractivity contribution in [2.45, 2.75) is 44.6 Å². The van der Waals surface area contributed by atoms with Crippen molar-refractivity contribution < 1.29 is 8.42 Å². The average molecular weight is 274 g/mol. The number of sulfonamides is 1. The average Bonchev–Trinajstić information content (AvgIpc) is 2.71. The maximum absolute atomic E-state index is 12.4. The summed E-state index contributed by atoms with van der Waals surface area (Å²) in [5.74, 6) is 0. The third-order valence-electron chi connectivity index (χ3n) is 2.90. The quantitative estimate of drug-likeness (QED) is 0.725. The summed E-state index contributed by atoms with van der Waals surface area (Å²) in [6.45, 7) is 4.41. The number of H-pyrrole nitrogens is 1.